The summed E-state index contributed by atoms with van der Waals surface area (Å²) in [5.41, 5.74) is 12.4. The van der Waals surface area contributed by atoms with E-state index in [0.717, 1.165) is 80.9 Å². The quantitative estimate of drug-likeness (QED) is 0.105. The normalized spacial score (nSPS) is 9.85. The topological polar surface area (TPSA) is 0 Å². The molecule has 0 N–H and O–H groups in total. The van der Waals surface area contributed by atoms with Crippen molar-refractivity contribution in [2.45, 2.75) is 96.9 Å². The lowest BCUT2D eigenvalue weighted by Gasteiger charge is -2.00. The minimum absolute atomic E-state index is 0.0185. The van der Waals surface area contributed by atoms with Crippen molar-refractivity contribution in [1.82, 2.24) is 0 Å². The third-order valence-corrected chi connectivity index (χ3v) is 18.6. The van der Waals surface area contributed by atoms with Gasteiger partial charge in [-0.15, -0.1) is 0 Å². The fourth-order valence-corrected chi connectivity index (χ4v) is 11.0. The fraction of sp³-hybridized carbons (Fsp3) is 0.125. The molecule has 14 rings (SSSR count). The molecule has 0 radical (unpaired) electrons. The highest BCUT2D eigenvalue weighted by Crippen LogP contribution is 2.23. The maximum Gasteiger partial charge on any atom is 0.142 e. The van der Waals surface area contributed by atoms with Gasteiger partial charge in [-0.05, 0) is 311 Å². The van der Waals surface area contributed by atoms with Crippen molar-refractivity contribution in [3.8, 4) is 82.9 Å². The van der Waals surface area contributed by atoms with E-state index < -0.39 is 87.0 Å². The zero-order chi connectivity index (χ0) is 94.5. The Morgan fingerprint density at radius 1 is 0.132 bits per heavy atom. The zero-order valence-corrected chi connectivity index (χ0v) is 72.4. The van der Waals surface area contributed by atoms with E-state index >= 15 is 0 Å². The molecule has 0 spiro atoms. The molecule has 0 nitrogen and oxygen atoms in total. The van der Waals surface area contributed by atoms with E-state index in [2.05, 4.69) is 82.9 Å². The highest BCUT2D eigenvalue weighted by atomic mass is 19.2. The van der Waals surface area contributed by atoms with Gasteiger partial charge in [0.25, 0.3) is 0 Å². The van der Waals surface area contributed by atoms with Crippen molar-refractivity contribution in [3.05, 3.63) is 491 Å². The molecule has 129 heavy (non-hydrogen) atoms. The summed E-state index contributed by atoms with van der Waals surface area (Å²) in [6, 6.07) is 60.8. The van der Waals surface area contributed by atoms with Crippen molar-refractivity contribution in [1.29, 1.82) is 0 Å². The van der Waals surface area contributed by atoms with Crippen LogP contribution < -0.4 is 0 Å². The van der Waals surface area contributed by atoms with Gasteiger partial charge >= 0.3 is 0 Å². The van der Waals surface area contributed by atoms with Gasteiger partial charge in [-0.3, -0.25) is 0 Å². The van der Waals surface area contributed by atoms with Crippen molar-refractivity contribution < 1.29 is 74.6 Å². The summed E-state index contributed by atoms with van der Waals surface area (Å²) >= 11 is 0. The van der Waals surface area contributed by atoms with Crippen LogP contribution in [0.25, 0.3) is 0 Å². The largest absolute Gasteiger partial charge is 0.207 e. The van der Waals surface area contributed by atoms with Gasteiger partial charge in [-0.25, -0.2) is 74.6 Å². The molecule has 0 saturated heterocycles. The molecule has 0 heterocycles. The van der Waals surface area contributed by atoms with Gasteiger partial charge in [0.1, 0.15) is 98.9 Å². The van der Waals surface area contributed by atoms with E-state index in [9.17, 15) is 74.6 Å². The minimum atomic E-state index is -0.803. The van der Waals surface area contributed by atoms with E-state index in [1.54, 1.807) is 96.1 Å². The molecule has 0 aliphatic carbocycles. The van der Waals surface area contributed by atoms with Crippen LogP contribution in [0.2, 0.25) is 0 Å². The highest BCUT2D eigenvalue weighted by Gasteiger charge is 2.14. The summed E-state index contributed by atoms with van der Waals surface area (Å²) in [5.74, 6) is 27.0. The number of benzene rings is 14. The lowest BCUT2D eigenvalue weighted by molar-refractivity contribution is 0.567. The van der Waals surface area contributed by atoms with Gasteiger partial charge in [0.15, 0.2) is 0 Å². The van der Waals surface area contributed by atoms with Gasteiger partial charge in [0.2, 0.25) is 0 Å². The molecule has 0 aromatic heterocycles. The smallest absolute Gasteiger partial charge is 0.142 e. The van der Waals surface area contributed by atoms with Gasteiger partial charge in [-0.1, -0.05) is 166 Å². The predicted octanol–water partition coefficient (Wildman–Crippen LogP) is 28.3. The lowest BCUT2D eigenvalue weighted by Crippen LogP contribution is -1.93. The van der Waals surface area contributed by atoms with Crippen LogP contribution in [0.3, 0.4) is 0 Å². The van der Waals surface area contributed by atoms with E-state index in [0.29, 0.717) is 55.6 Å². The van der Waals surface area contributed by atoms with Crippen LogP contribution in [0, 0.1) is 279 Å². The SMILES string of the molecule is Cc1cc(F)c(C#Cc2cc(F)c(C)c(F)c2)c(F)c1.Cc1cc(F)c(C#Cc2ccc(C)c(F)c2)c(F)c1.Cc1ccc(C#Cc2c(F)cc(C)cc2F)cc1.Cc1ccc(C#Cc2cc(F)c(C)c(F)c2)c(F)c1.Cc1ccc(C#Cc2cc(F)c(C)c(F)c2)cc1.Cc1ccc(C#Cc2ccc(C)c(F)c2)c(F)c1.Cc1ccc(C#Cc2ccc(C)cc2F)cc1. The molecular formula is C112H81F17. The van der Waals surface area contributed by atoms with Crippen molar-refractivity contribution in [2.24, 2.45) is 0 Å². The third kappa shape index (κ3) is 31.2. The van der Waals surface area contributed by atoms with Crippen LogP contribution in [-0.4, -0.2) is 0 Å². The van der Waals surface area contributed by atoms with Crippen LogP contribution >= 0.6 is 0 Å². The predicted molar refractivity (Wildman–Crippen MR) is 478 cm³/mol. The van der Waals surface area contributed by atoms with Gasteiger partial charge in [-0.2, -0.15) is 0 Å². The third-order valence-electron chi connectivity index (χ3n) is 18.6. The Hall–Kier alpha value is -15.2. The first-order chi connectivity index (χ1) is 61.1. The summed E-state index contributed by atoms with van der Waals surface area (Å²) in [4.78, 5) is 0. The number of aryl methyl sites for hydroxylation is 11. The number of hydrogen-bond acceptors (Lipinski definition) is 0. The Balaban J connectivity index is 0.000000186. The van der Waals surface area contributed by atoms with Crippen LogP contribution in [-0.2, 0) is 0 Å². The Labute approximate surface area is 741 Å². The first-order valence-electron chi connectivity index (χ1n) is 39.5. The van der Waals surface area contributed by atoms with E-state index in [-0.39, 0.29) is 62.0 Å². The number of hydrogen-bond donors (Lipinski definition) is 0. The molecule has 0 unspecified atom stereocenters. The molecule has 14 aromatic carbocycles. The zero-order valence-electron chi connectivity index (χ0n) is 72.4. The molecule has 0 amide bonds. The Morgan fingerprint density at radius 2 is 0.310 bits per heavy atom. The first-order valence-corrected chi connectivity index (χ1v) is 39.5. The lowest BCUT2D eigenvalue weighted by atomic mass is 10.1. The number of rotatable bonds is 0. The first kappa shape index (κ1) is 99.2. The average Bonchev–Trinajstić information content (AvgIpc) is 0.854. The van der Waals surface area contributed by atoms with Crippen molar-refractivity contribution in [3.63, 3.8) is 0 Å². The molecule has 0 atom stereocenters. The summed E-state index contributed by atoms with van der Waals surface area (Å²) < 4.78 is 228. The molecule has 17 heteroatoms. The molecule has 0 fully saturated rings. The standard InChI is InChI=1S/C16H10F4.2C16H11F3.3C16H12F2.C16H13F/c1-9-5-15(19)12(16(20)6-9)4-3-11-7-13(17)10(2)14(18)8-11;1-10-3-5-13(16(19)7-10)6-4-12-8-14(17)11(2)15(18)9-12;1-10-7-15(18)13(16(19)8-10)6-5-12-4-3-11(2)14(17)9-12;1-11-3-7-14(16(18)9-11)8-6-13-5-4-12(2)15(17)10-13;1-11-3-5-13(6-4-11)7-8-14-9-15(17)12(2)16(18)10-14;1-11-3-5-13(6-4-11)7-8-14-15(17)9-12(2)10-16(14)18;1-12-3-6-14(7-4-12)8-10-15-9-5-13(2)11-16(15)17/h5-8H,1-2H3;3,5,7-9H,1-2H3;3-4,7-9H,1-2H3;3-5,7,9-10H,1-2H3;2*3-6,9-10H,1-2H3;3-7,9,11H,1-2H3. The molecular weight excluding hydrogens is 1670 g/mol. The molecule has 0 saturated carbocycles. The number of halogens is 17. The van der Waals surface area contributed by atoms with Crippen molar-refractivity contribution >= 4 is 0 Å². The fourth-order valence-electron chi connectivity index (χ4n) is 11.0. The molecule has 14 aromatic rings. The molecule has 0 aliphatic rings. The Morgan fingerprint density at radius 3 is 0.558 bits per heavy atom. The van der Waals surface area contributed by atoms with Crippen molar-refractivity contribution in [2.75, 3.05) is 0 Å². The summed E-state index contributed by atoms with van der Waals surface area (Å²) in [5, 5.41) is 0. The van der Waals surface area contributed by atoms with Crippen LogP contribution in [0.5, 0.6) is 0 Å². The molecule has 0 bridgehead atoms. The van der Waals surface area contributed by atoms with Crippen LogP contribution in [0.15, 0.2) is 237 Å². The minimum Gasteiger partial charge on any atom is -0.207 e. The maximum atomic E-state index is 13.5. The van der Waals surface area contributed by atoms with E-state index in [1.807, 2.05) is 113 Å². The van der Waals surface area contributed by atoms with Gasteiger partial charge in [0.05, 0.1) is 33.4 Å². The highest BCUT2D eigenvalue weighted by molar-refractivity contribution is 5.53. The van der Waals surface area contributed by atoms with Gasteiger partial charge in [0, 0.05) is 61.2 Å². The average molecular weight is 1750 g/mol. The maximum absolute atomic E-state index is 13.5. The molecule has 0 aliphatic heterocycles. The Bertz CT molecular complexity index is 6820. The second kappa shape index (κ2) is 47.2. The van der Waals surface area contributed by atoms with Crippen LogP contribution in [0.4, 0.5) is 74.6 Å². The van der Waals surface area contributed by atoms with E-state index in [1.165, 1.54) is 93.1 Å². The summed E-state index contributed by atoms with van der Waals surface area (Å²) in [6.45, 7) is 23.6. The van der Waals surface area contributed by atoms with E-state index in [4.69, 9.17) is 0 Å². The Kier molecular flexibility index (Phi) is 36.3. The van der Waals surface area contributed by atoms with Crippen LogP contribution in [0.1, 0.15) is 156 Å². The summed E-state index contributed by atoms with van der Waals surface area (Å²) in [6.07, 6.45) is 0. The second-order valence-electron chi connectivity index (χ2n) is 29.7. The molecule has 648 valence electrons. The second-order valence-corrected chi connectivity index (χ2v) is 29.7. The van der Waals surface area contributed by atoms with Gasteiger partial charge < -0.3 is 0 Å². The summed E-state index contributed by atoms with van der Waals surface area (Å²) in [7, 11) is 0. The monoisotopic (exact) mass is 1750 g/mol.